The van der Waals surface area contributed by atoms with E-state index in [2.05, 4.69) is 0 Å². The summed E-state index contributed by atoms with van der Waals surface area (Å²) in [5.74, 6) is 0.302. The van der Waals surface area contributed by atoms with Gasteiger partial charge in [-0.15, -0.1) is 0 Å². The average molecular weight is 610 g/mol. The van der Waals surface area contributed by atoms with Crippen LogP contribution in [-0.4, -0.2) is 39.6 Å². The van der Waals surface area contributed by atoms with Crippen LogP contribution < -0.4 is 0 Å². The number of phosphoric acid groups is 2. The van der Waals surface area contributed by atoms with E-state index in [4.69, 9.17) is 38.5 Å². The Hall–Kier alpha value is -4.08. The van der Waals surface area contributed by atoms with Crippen LogP contribution in [0.3, 0.4) is 0 Å². The zero-order valence-corrected chi connectivity index (χ0v) is 23.6. The van der Waals surface area contributed by atoms with Crippen molar-refractivity contribution in [2.75, 3.05) is 0 Å². The lowest BCUT2D eigenvalue weighted by molar-refractivity contribution is 0.272. The van der Waals surface area contributed by atoms with Gasteiger partial charge in [-0.2, -0.15) is 0 Å². The highest BCUT2D eigenvalue weighted by Gasteiger charge is 2.27. The minimum absolute atomic E-state index is 0.151. The van der Waals surface area contributed by atoms with Gasteiger partial charge in [0.15, 0.2) is 0 Å². The molecule has 42 heavy (non-hydrogen) atoms. The van der Waals surface area contributed by atoms with Gasteiger partial charge in [0.1, 0.15) is 11.5 Å². The van der Waals surface area contributed by atoms with Gasteiger partial charge in [0, 0.05) is 22.3 Å². The van der Waals surface area contributed by atoms with Crippen molar-refractivity contribution in [1.82, 2.24) is 0 Å². The van der Waals surface area contributed by atoms with E-state index < -0.39 is 15.6 Å². The van der Waals surface area contributed by atoms with Crippen LogP contribution in [0.1, 0.15) is 0 Å². The summed E-state index contributed by atoms with van der Waals surface area (Å²) in [6.45, 7) is 0. The molecule has 0 unspecified atom stereocenters. The van der Waals surface area contributed by atoms with Gasteiger partial charge in [0.25, 0.3) is 0 Å². The van der Waals surface area contributed by atoms with Crippen LogP contribution in [0.2, 0.25) is 0 Å². The Kier molecular flexibility index (Phi) is 11.0. The zero-order valence-electron chi connectivity index (χ0n) is 21.8. The number of phenols is 2. The topological polar surface area (TPSA) is 196 Å². The van der Waals surface area contributed by atoms with Crippen molar-refractivity contribution in [3.63, 3.8) is 0 Å². The van der Waals surface area contributed by atoms with Crippen molar-refractivity contribution >= 4 is 15.6 Å². The molecular formula is C30H28O10P2. The van der Waals surface area contributed by atoms with Gasteiger partial charge in [-0.05, 0) is 22.3 Å². The SMILES string of the molecule is O=P(O)(O)O.O=P(O)(O)O.Oc1c(-c2ccccc2)c(-c2ccccc2)c(O)c(-c2ccccc2)c1-c1ccccc1. The predicted molar refractivity (Wildman–Crippen MR) is 160 cm³/mol. The number of aromatic hydroxyl groups is 2. The summed E-state index contributed by atoms with van der Waals surface area (Å²) in [5.41, 5.74) is 5.85. The third kappa shape index (κ3) is 9.49. The van der Waals surface area contributed by atoms with E-state index in [0.717, 1.165) is 22.3 Å². The molecule has 0 radical (unpaired) electrons. The van der Waals surface area contributed by atoms with Crippen LogP contribution in [0.4, 0.5) is 0 Å². The Morgan fingerprint density at radius 3 is 0.619 bits per heavy atom. The van der Waals surface area contributed by atoms with Crippen LogP contribution in [0, 0.1) is 0 Å². The van der Waals surface area contributed by atoms with Crippen LogP contribution in [0.5, 0.6) is 11.5 Å². The first-order valence-corrected chi connectivity index (χ1v) is 15.3. The lowest BCUT2D eigenvalue weighted by Gasteiger charge is -2.22. The van der Waals surface area contributed by atoms with Crippen molar-refractivity contribution in [2.45, 2.75) is 0 Å². The van der Waals surface area contributed by atoms with Gasteiger partial charge in [0.2, 0.25) is 0 Å². The normalized spacial score (nSPS) is 11.0. The molecule has 8 N–H and O–H groups in total. The molecule has 10 nitrogen and oxygen atoms in total. The largest absolute Gasteiger partial charge is 0.507 e. The molecule has 0 saturated carbocycles. The second kappa shape index (κ2) is 14.2. The molecular weight excluding hydrogens is 582 g/mol. The van der Waals surface area contributed by atoms with Crippen LogP contribution in [0.15, 0.2) is 121 Å². The minimum atomic E-state index is -4.64. The number of phenolic OH excluding ortho intramolecular Hbond substituents is 2. The third-order valence-electron chi connectivity index (χ3n) is 5.70. The highest BCUT2D eigenvalue weighted by atomic mass is 31.2. The molecule has 0 heterocycles. The first kappa shape index (κ1) is 32.4. The Labute approximate surface area is 241 Å². The lowest BCUT2D eigenvalue weighted by atomic mass is 9.83. The highest BCUT2D eigenvalue weighted by molar-refractivity contribution is 7.45. The Balaban J connectivity index is 0.000000420. The average Bonchev–Trinajstić information content (AvgIpc) is 2.94. The highest BCUT2D eigenvalue weighted by Crippen LogP contribution is 2.55. The maximum Gasteiger partial charge on any atom is 0.466 e. The monoisotopic (exact) mass is 610 g/mol. The van der Waals surface area contributed by atoms with Gasteiger partial charge < -0.3 is 39.6 Å². The Morgan fingerprint density at radius 2 is 0.476 bits per heavy atom. The molecule has 0 atom stereocenters. The van der Waals surface area contributed by atoms with Gasteiger partial charge in [-0.1, -0.05) is 121 Å². The smallest absolute Gasteiger partial charge is 0.466 e. The first-order valence-electron chi connectivity index (χ1n) is 12.2. The van der Waals surface area contributed by atoms with Gasteiger partial charge in [-0.3, -0.25) is 0 Å². The summed E-state index contributed by atoms with van der Waals surface area (Å²) in [4.78, 5) is 43.1. The lowest BCUT2D eigenvalue weighted by Crippen LogP contribution is -1.95. The molecule has 5 rings (SSSR count). The maximum absolute atomic E-state index is 11.8. The summed E-state index contributed by atoms with van der Waals surface area (Å²) in [7, 11) is -9.28. The molecule has 5 aromatic carbocycles. The molecule has 12 heteroatoms. The quantitative estimate of drug-likeness (QED) is 0.0895. The fourth-order valence-electron chi connectivity index (χ4n) is 4.27. The number of hydrogen-bond acceptors (Lipinski definition) is 4. The van der Waals surface area contributed by atoms with E-state index in [9.17, 15) is 10.2 Å². The first-order chi connectivity index (χ1) is 19.8. The molecule has 0 aliphatic carbocycles. The van der Waals surface area contributed by atoms with Crippen molar-refractivity contribution in [3.05, 3.63) is 121 Å². The van der Waals surface area contributed by atoms with Crippen molar-refractivity contribution in [2.24, 2.45) is 0 Å². The van der Waals surface area contributed by atoms with E-state index in [1.54, 1.807) is 0 Å². The molecule has 0 aromatic heterocycles. The summed E-state index contributed by atoms with van der Waals surface area (Å²) >= 11 is 0. The fraction of sp³-hybridized carbons (Fsp3) is 0. The van der Waals surface area contributed by atoms with E-state index in [0.29, 0.717) is 22.3 Å². The molecule has 5 aromatic rings. The molecule has 0 aliphatic rings. The number of hydrogen-bond donors (Lipinski definition) is 8. The second-order valence-electron chi connectivity index (χ2n) is 8.69. The van der Waals surface area contributed by atoms with Gasteiger partial charge in [0.05, 0.1) is 0 Å². The second-order valence-corrected chi connectivity index (χ2v) is 10.7. The van der Waals surface area contributed by atoms with E-state index in [1.165, 1.54) is 0 Å². The van der Waals surface area contributed by atoms with E-state index in [1.807, 2.05) is 121 Å². The van der Waals surface area contributed by atoms with Crippen LogP contribution in [-0.2, 0) is 9.13 Å². The minimum Gasteiger partial charge on any atom is -0.507 e. The molecule has 0 saturated heterocycles. The van der Waals surface area contributed by atoms with E-state index >= 15 is 0 Å². The van der Waals surface area contributed by atoms with Crippen LogP contribution in [0.25, 0.3) is 44.5 Å². The summed E-state index contributed by atoms with van der Waals surface area (Å²) in [5, 5.41) is 23.6. The van der Waals surface area contributed by atoms with Gasteiger partial charge >= 0.3 is 15.6 Å². The maximum atomic E-state index is 11.8. The summed E-state index contributed by atoms with van der Waals surface area (Å²) in [6.07, 6.45) is 0. The Morgan fingerprint density at radius 1 is 0.333 bits per heavy atom. The standard InChI is InChI=1S/C30H22O2.2H3O4P/c31-29-25(21-13-5-1-6-14-21)26(22-15-7-2-8-16-22)30(32)28(24-19-11-4-12-20-24)27(29)23-17-9-3-10-18-23;2*1-5(2,3)4/h1-20,31-32H;2*(H3,1,2,3,4). The van der Waals surface area contributed by atoms with E-state index in [-0.39, 0.29) is 11.5 Å². The molecule has 0 amide bonds. The van der Waals surface area contributed by atoms with Crippen molar-refractivity contribution in [1.29, 1.82) is 0 Å². The molecule has 0 aliphatic heterocycles. The van der Waals surface area contributed by atoms with Crippen molar-refractivity contribution in [3.8, 4) is 56.0 Å². The molecule has 0 bridgehead atoms. The molecule has 0 spiro atoms. The van der Waals surface area contributed by atoms with Gasteiger partial charge in [-0.25, -0.2) is 9.13 Å². The fourth-order valence-corrected chi connectivity index (χ4v) is 4.27. The van der Waals surface area contributed by atoms with Crippen molar-refractivity contribution < 1.29 is 48.7 Å². The summed E-state index contributed by atoms with van der Waals surface area (Å²) < 4.78 is 17.8. The zero-order chi connectivity index (χ0) is 30.9. The molecule has 218 valence electrons. The number of benzene rings is 5. The Bertz CT molecular complexity index is 1440. The third-order valence-corrected chi connectivity index (χ3v) is 5.70. The summed E-state index contributed by atoms with van der Waals surface area (Å²) in [6, 6.07) is 38.9. The predicted octanol–water partition coefficient (Wildman–Crippen LogP) is 5.91. The molecule has 0 fully saturated rings. The number of rotatable bonds is 4. The van der Waals surface area contributed by atoms with Crippen LogP contribution >= 0.6 is 15.6 Å².